The molecule has 1 aliphatic heterocycles. The molecule has 1 rings (SSSR count). The zero-order chi connectivity index (χ0) is 11.9. The van der Waals surface area contributed by atoms with Crippen molar-refractivity contribution in [2.24, 2.45) is 0 Å². The molecule has 5 heteroatoms. The Labute approximate surface area is 104 Å². The molecule has 0 aromatic heterocycles. The van der Waals surface area contributed by atoms with Crippen molar-refractivity contribution in [2.45, 2.75) is 51.2 Å². The number of alkyl halides is 1. The van der Waals surface area contributed by atoms with Gasteiger partial charge >= 0.3 is 0 Å². The molecule has 15 heavy (non-hydrogen) atoms. The lowest BCUT2D eigenvalue weighted by molar-refractivity contribution is -0.194. The number of amides is 1. The zero-order valence-corrected chi connectivity index (χ0v) is 11.8. The number of carbonyl (C=O) groups is 1. The third-order valence-electron chi connectivity index (χ3n) is 3.13. The summed E-state index contributed by atoms with van der Waals surface area (Å²) in [4.78, 5) is 11.4. The number of rotatable bonds is 2. The van der Waals surface area contributed by atoms with E-state index in [2.05, 4.69) is 5.32 Å². The Bertz CT molecular complexity index is 266. The quantitative estimate of drug-likeness (QED) is 0.598. The lowest BCUT2D eigenvalue weighted by Gasteiger charge is -2.35. The SMILES string of the molecule is CC1(C)CC(NC(=O)CI)C(C)(C)N1O. The van der Waals surface area contributed by atoms with Crippen LogP contribution in [0, 0.1) is 0 Å². The van der Waals surface area contributed by atoms with Gasteiger partial charge < -0.3 is 10.5 Å². The van der Waals surface area contributed by atoms with E-state index in [-0.39, 0.29) is 17.5 Å². The van der Waals surface area contributed by atoms with Crippen LogP contribution >= 0.6 is 22.6 Å². The van der Waals surface area contributed by atoms with E-state index in [1.165, 1.54) is 5.06 Å². The molecule has 1 heterocycles. The van der Waals surface area contributed by atoms with Gasteiger partial charge in [0.2, 0.25) is 5.91 Å². The summed E-state index contributed by atoms with van der Waals surface area (Å²) in [6, 6.07) is -0.000217. The average molecular weight is 326 g/mol. The molecule has 0 saturated carbocycles. The predicted octanol–water partition coefficient (Wildman–Crippen LogP) is 1.56. The zero-order valence-electron chi connectivity index (χ0n) is 9.67. The van der Waals surface area contributed by atoms with Crippen molar-refractivity contribution in [3.8, 4) is 0 Å². The van der Waals surface area contributed by atoms with Gasteiger partial charge in [0.1, 0.15) is 0 Å². The molecule has 0 spiro atoms. The lowest BCUT2D eigenvalue weighted by Crippen LogP contribution is -2.53. The summed E-state index contributed by atoms with van der Waals surface area (Å²) in [6.45, 7) is 7.84. The monoisotopic (exact) mass is 326 g/mol. The number of hydrogen-bond acceptors (Lipinski definition) is 3. The van der Waals surface area contributed by atoms with Crippen LogP contribution in [0.4, 0.5) is 0 Å². The van der Waals surface area contributed by atoms with E-state index in [9.17, 15) is 10.0 Å². The van der Waals surface area contributed by atoms with Gasteiger partial charge in [-0.05, 0) is 34.1 Å². The van der Waals surface area contributed by atoms with E-state index in [1.54, 1.807) is 0 Å². The topological polar surface area (TPSA) is 52.6 Å². The maximum atomic E-state index is 11.4. The Kier molecular flexibility index (Phi) is 3.67. The average Bonchev–Trinajstić information content (AvgIpc) is 2.27. The fourth-order valence-corrected chi connectivity index (χ4v) is 2.44. The third kappa shape index (κ3) is 2.45. The highest BCUT2D eigenvalue weighted by molar-refractivity contribution is 14.1. The van der Waals surface area contributed by atoms with Crippen LogP contribution in [-0.4, -0.2) is 37.7 Å². The van der Waals surface area contributed by atoms with Crippen LogP contribution in [0.15, 0.2) is 0 Å². The van der Waals surface area contributed by atoms with E-state index in [0.29, 0.717) is 4.43 Å². The van der Waals surface area contributed by atoms with E-state index in [4.69, 9.17) is 0 Å². The summed E-state index contributed by atoms with van der Waals surface area (Å²) in [5.74, 6) is 0.0276. The van der Waals surface area contributed by atoms with Crippen LogP contribution < -0.4 is 5.32 Å². The molecular formula is C10H19IN2O2. The van der Waals surface area contributed by atoms with E-state index in [0.717, 1.165) is 6.42 Å². The Morgan fingerprint density at radius 1 is 1.53 bits per heavy atom. The molecule has 1 fully saturated rings. The lowest BCUT2D eigenvalue weighted by atomic mass is 9.94. The summed E-state index contributed by atoms with van der Waals surface area (Å²) in [6.07, 6.45) is 0.763. The Morgan fingerprint density at radius 3 is 2.40 bits per heavy atom. The minimum absolute atomic E-state index is 0.000217. The molecule has 1 saturated heterocycles. The molecule has 1 unspecified atom stereocenters. The molecule has 0 radical (unpaired) electrons. The van der Waals surface area contributed by atoms with Crippen molar-refractivity contribution >= 4 is 28.5 Å². The van der Waals surface area contributed by atoms with Crippen LogP contribution in [-0.2, 0) is 4.79 Å². The molecular weight excluding hydrogens is 307 g/mol. The third-order valence-corrected chi connectivity index (χ3v) is 3.83. The molecule has 1 atom stereocenters. The van der Waals surface area contributed by atoms with Gasteiger partial charge in [0.15, 0.2) is 0 Å². The molecule has 1 aliphatic rings. The van der Waals surface area contributed by atoms with Gasteiger partial charge in [0, 0.05) is 5.54 Å². The van der Waals surface area contributed by atoms with Crippen molar-refractivity contribution in [2.75, 3.05) is 4.43 Å². The first-order chi connectivity index (χ1) is 6.71. The van der Waals surface area contributed by atoms with Gasteiger partial charge in [-0.15, -0.1) is 0 Å². The van der Waals surface area contributed by atoms with Gasteiger partial charge in [0.25, 0.3) is 0 Å². The first-order valence-corrected chi connectivity index (χ1v) is 6.59. The Morgan fingerprint density at radius 2 is 2.07 bits per heavy atom. The fraction of sp³-hybridized carbons (Fsp3) is 0.900. The Hall–Kier alpha value is 0.120. The first-order valence-electron chi connectivity index (χ1n) is 5.06. The minimum Gasteiger partial charge on any atom is -0.351 e. The van der Waals surface area contributed by atoms with Gasteiger partial charge in [-0.1, -0.05) is 22.6 Å². The summed E-state index contributed by atoms with van der Waals surface area (Å²) < 4.78 is 0.455. The van der Waals surface area contributed by atoms with E-state index in [1.807, 2.05) is 50.3 Å². The molecule has 0 aromatic carbocycles. The number of nitrogens with zero attached hydrogens (tertiary/aromatic N) is 1. The molecule has 0 aromatic rings. The second-order valence-corrected chi connectivity index (χ2v) is 6.00. The van der Waals surface area contributed by atoms with Crippen molar-refractivity contribution in [3.05, 3.63) is 0 Å². The second-order valence-electron chi connectivity index (χ2n) is 5.24. The van der Waals surface area contributed by atoms with Crippen molar-refractivity contribution in [3.63, 3.8) is 0 Å². The highest BCUT2D eigenvalue weighted by Crippen LogP contribution is 2.38. The van der Waals surface area contributed by atoms with Crippen molar-refractivity contribution in [1.29, 1.82) is 0 Å². The normalized spacial score (nSPS) is 29.1. The van der Waals surface area contributed by atoms with Gasteiger partial charge in [-0.3, -0.25) is 4.79 Å². The van der Waals surface area contributed by atoms with Gasteiger partial charge in [0.05, 0.1) is 16.0 Å². The predicted molar refractivity (Wildman–Crippen MR) is 67.2 cm³/mol. The summed E-state index contributed by atoms with van der Waals surface area (Å²) in [7, 11) is 0. The van der Waals surface area contributed by atoms with Crippen LogP contribution in [0.3, 0.4) is 0 Å². The molecule has 0 bridgehead atoms. The maximum Gasteiger partial charge on any atom is 0.230 e. The highest BCUT2D eigenvalue weighted by Gasteiger charge is 2.51. The smallest absolute Gasteiger partial charge is 0.230 e. The standard InChI is InChI=1S/C10H19IN2O2/c1-9(2)5-7(12-8(14)6-11)10(3,4)13(9)15/h7,15H,5-6H2,1-4H3,(H,12,14). The highest BCUT2D eigenvalue weighted by atomic mass is 127. The first kappa shape index (κ1) is 13.2. The van der Waals surface area contributed by atoms with Gasteiger partial charge in [-0.2, -0.15) is 5.06 Å². The second kappa shape index (κ2) is 4.18. The number of halogens is 1. The fourth-order valence-electron chi connectivity index (χ4n) is 2.22. The summed E-state index contributed by atoms with van der Waals surface area (Å²) in [5, 5.41) is 14.3. The van der Waals surface area contributed by atoms with Crippen molar-refractivity contribution in [1.82, 2.24) is 10.4 Å². The summed E-state index contributed by atoms with van der Waals surface area (Å²) in [5.41, 5.74) is -0.697. The van der Waals surface area contributed by atoms with Crippen LogP contribution in [0.5, 0.6) is 0 Å². The summed E-state index contributed by atoms with van der Waals surface area (Å²) >= 11 is 2.04. The number of hydrogen-bond donors (Lipinski definition) is 2. The largest absolute Gasteiger partial charge is 0.351 e. The van der Waals surface area contributed by atoms with E-state index < -0.39 is 5.54 Å². The molecule has 1 amide bonds. The number of carbonyl (C=O) groups excluding carboxylic acids is 1. The molecule has 2 N–H and O–H groups in total. The minimum atomic E-state index is -0.412. The van der Waals surface area contributed by atoms with Crippen LogP contribution in [0.1, 0.15) is 34.1 Å². The molecule has 4 nitrogen and oxygen atoms in total. The van der Waals surface area contributed by atoms with E-state index >= 15 is 0 Å². The van der Waals surface area contributed by atoms with Gasteiger partial charge in [-0.25, -0.2) is 0 Å². The number of nitrogens with one attached hydrogen (secondary N) is 1. The van der Waals surface area contributed by atoms with Crippen molar-refractivity contribution < 1.29 is 10.0 Å². The molecule has 88 valence electrons. The molecule has 0 aliphatic carbocycles. The Balaban J connectivity index is 2.80. The van der Waals surface area contributed by atoms with Crippen LogP contribution in [0.25, 0.3) is 0 Å². The number of hydroxylamine groups is 2. The maximum absolute atomic E-state index is 11.4. The van der Waals surface area contributed by atoms with Crippen LogP contribution in [0.2, 0.25) is 0 Å².